The third-order valence-electron chi connectivity index (χ3n) is 1.48. The van der Waals surface area contributed by atoms with Gasteiger partial charge in [0.1, 0.15) is 5.15 Å². The highest BCUT2D eigenvalue weighted by atomic mass is 35.5. The van der Waals surface area contributed by atoms with Crippen molar-refractivity contribution < 1.29 is 4.74 Å². The summed E-state index contributed by atoms with van der Waals surface area (Å²) < 4.78 is 5.14. The van der Waals surface area contributed by atoms with Gasteiger partial charge >= 0.3 is 0 Å². The summed E-state index contributed by atoms with van der Waals surface area (Å²) in [6.45, 7) is 0.615. The van der Waals surface area contributed by atoms with Gasteiger partial charge in [-0.3, -0.25) is 0 Å². The Morgan fingerprint density at radius 3 is 2.91 bits per heavy atom. The summed E-state index contributed by atoms with van der Waals surface area (Å²) in [7, 11) is 0. The van der Waals surface area contributed by atoms with Gasteiger partial charge in [-0.25, -0.2) is 4.98 Å². The van der Waals surface area contributed by atoms with Crippen LogP contribution in [0.2, 0.25) is 10.4 Å². The van der Waals surface area contributed by atoms with Gasteiger partial charge in [-0.05, 0) is 11.6 Å². The zero-order valence-electron chi connectivity index (χ0n) is 5.47. The van der Waals surface area contributed by atoms with Gasteiger partial charge in [0.2, 0.25) is 11.2 Å². The van der Waals surface area contributed by atoms with Crippen molar-refractivity contribution in [2.75, 3.05) is 6.61 Å². The molecule has 0 atom stereocenters. The second-order valence-electron chi connectivity index (χ2n) is 2.17. The number of fused-ring (bicyclic) bond motifs is 1. The van der Waals surface area contributed by atoms with E-state index in [1.54, 1.807) is 0 Å². The Morgan fingerprint density at radius 2 is 2.09 bits per heavy atom. The molecule has 0 aromatic carbocycles. The molecule has 0 N–H and O–H groups in total. The van der Waals surface area contributed by atoms with Crippen LogP contribution in [-0.2, 0) is 6.42 Å². The number of ether oxygens (including phenoxy) is 1. The fraction of sp³-hybridized carbons (Fsp3) is 0.333. The van der Waals surface area contributed by atoms with Crippen molar-refractivity contribution in [1.29, 1.82) is 0 Å². The van der Waals surface area contributed by atoms with E-state index < -0.39 is 0 Å². The van der Waals surface area contributed by atoms with E-state index in [1.807, 2.05) is 0 Å². The highest BCUT2D eigenvalue weighted by Gasteiger charge is 2.18. The lowest BCUT2D eigenvalue weighted by atomic mass is 10.3. The molecule has 0 fully saturated rings. The molecule has 58 valence electrons. The molecule has 0 spiro atoms. The van der Waals surface area contributed by atoms with Crippen LogP contribution < -0.4 is 4.74 Å². The van der Waals surface area contributed by atoms with Crippen molar-refractivity contribution in [3.05, 3.63) is 16.0 Å². The molecule has 0 saturated carbocycles. The summed E-state index contributed by atoms with van der Waals surface area (Å²) in [5.41, 5.74) is 0.857. The molecular weight excluding hydrogens is 187 g/mol. The Balaban J connectivity index is 2.60. The highest BCUT2D eigenvalue weighted by Crippen LogP contribution is 2.29. The van der Waals surface area contributed by atoms with E-state index in [9.17, 15) is 0 Å². The van der Waals surface area contributed by atoms with Crippen LogP contribution in [0.5, 0.6) is 5.88 Å². The Labute approximate surface area is 73.3 Å². The quantitative estimate of drug-likeness (QED) is 0.462. The number of hydrogen-bond acceptors (Lipinski definition) is 3. The van der Waals surface area contributed by atoms with E-state index >= 15 is 0 Å². The van der Waals surface area contributed by atoms with E-state index in [2.05, 4.69) is 9.97 Å². The largest absolute Gasteiger partial charge is 0.477 e. The minimum absolute atomic E-state index is 0.135. The van der Waals surface area contributed by atoms with Crippen LogP contribution in [-0.4, -0.2) is 16.6 Å². The minimum Gasteiger partial charge on any atom is -0.477 e. The smallest absolute Gasteiger partial charge is 0.227 e. The van der Waals surface area contributed by atoms with E-state index in [0.29, 0.717) is 17.6 Å². The first-order valence-electron chi connectivity index (χ1n) is 3.12. The zero-order valence-corrected chi connectivity index (χ0v) is 6.98. The van der Waals surface area contributed by atoms with E-state index in [1.165, 1.54) is 0 Å². The van der Waals surface area contributed by atoms with Gasteiger partial charge in [0.05, 0.1) is 12.2 Å². The molecule has 1 aromatic rings. The van der Waals surface area contributed by atoms with E-state index in [-0.39, 0.29) is 5.28 Å². The second-order valence-corrected chi connectivity index (χ2v) is 2.86. The third kappa shape index (κ3) is 1.14. The summed E-state index contributed by atoms with van der Waals surface area (Å²) in [6, 6.07) is 0. The van der Waals surface area contributed by atoms with Gasteiger partial charge in [-0.15, -0.1) is 0 Å². The molecule has 2 rings (SSSR count). The molecule has 11 heavy (non-hydrogen) atoms. The van der Waals surface area contributed by atoms with Crippen LogP contribution >= 0.6 is 23.2 Å². The first kappa shape index (κ1) is 7.13. The van der Waals surface area contributed by atoms with Crippen molar-refractivity contribution in [2.24, 2.45) is 0 Å². The predicted octanol–water partition coefficient (Wildman–Crippen LogP) is 1.72. The van der Waals surface area contributed by atoms with Gasteiger partial charge < -0.3 is 4.74 Å². The van der Waals surface area contributed by atoms with Crippen LogP contribution in [0.3, 0.4) is 0 Å². The number of nitrogens with zero attached hydrogens (tertiary/aromatic N) is 2. The Hall–Kier alpha value is -0.540. The van der Waals surface area contributed by atoms with Crippen LogP contribution in [0.15, 0.2) is 0 Å². The lowest BCUT2D eigenvalue weighted by Crippen LogP contribution is -1.89. The van der Waals surface area contributed by atoms with Crippen molar-refractivity contribution in [1.82, 2.24) is 9.97 Å². The summed E-state index contributed by atoms with van der Waals surface area (Å²) in [6.07, 6.45) is 0.769. The number of rotatable bonds is 0. The molecule has 0 aliphatic carbocycles. The molecule has 0 bridgehead atoms. The Bertz CT molecular complexity index is 303. The lowest BCUT2D eigenvalue weighted by molar-refractivity contribution is 0.344. The molecule has 0 radical (unpaired) electrons. The van der Waals surface area contributed by atoms with Crippen LogP contribution in [0.25, 0.3) is 0 Å². The average Bonchev–Trinajstić information content (AvgIpc) is 2.34. The molecule has 0 amide bonds. The van der Waals surface area contributed by atoms with Crippen LogP contribution in [0.1, 0.15) is 5.56 Å². The van der Waals surface area contributed by atoms with Gasteiger partial charge in [-0.2, -0.15) is 4.98 Å². The highest BCUT2D eigenvalue weighted by molar-refractivity contribution is 6.32. The second kappa shape index (κ2) is 2.50. The van der Waals surface area contributed by atoms with Crippen molar-refractivity contribution in [3.63, 3.8) is 0 Å². The molecule has 1 aliphatic heterocycles. The number of halogens is 2. The first-order valence-corrected chi connectivity index (χ1v) is 3.87. The maximum absolute atomic E-state index is 5.76. The zero-order chi connectivity index (χ0) is 7.84. The normalized spacial score (nSPS) is 14.4. The monoisotopic (exact) mass is 190 g/mol. The van der Waals surface area contributed by atoms with Crippen LogP contribution in [0, 0.1) is 0 Å². The van der Waals surface area contributed by atoms with Gasteiger partial charge in [0.15, 0.2) is 0 Å². The molecule has 3 nitrogen and oxygen atoms in total. The predicted molar refractivity (Wildman–Crippen MR) is 41.3 cm³/mol. The number of aromatic nitrogens is 2. The van der Waals surface area contributed by atoms with E-state index in [0.717, 1.165) is 12.0 Å². The molecular formula is C6H4Cl2N2O. The average molecular weight is 191 g/mol. The topological polar surface area (TPSA) is 35.0 Å². The summed E-state index contributed by atoms with van der Waals surface area (Å²) in [5, 5.41) is 0.535. The van der Waals surface area contributed by atoms with Gasteiger partial charge in [0.25, 0.3) is 0 Å². The maximum atomic E-state index is 5.76. The molecule has 0 saturated heterocycles. The SMILES string of the molecule is Clc1nc(Cl)c2c(n1)OCC2. The molecule has 0 unspecified atom stereocenters. The lowest BCUT2D eigenvalue weighted by Gasteiger charge is -1.98. The molecule has 2 heterocycles. The van der Waals surface area contributed by atoms with Crippen LogP contribution in [0.4, 0.5) is 0 Å². The van der Waals surface area contributed by atoms with E-state index in [4.69, 9.17) is 27.9 Å². The van der Waals surface area contributed by atoms with Gasteiger partial charge in [-0.1, -0.05) is 11.6 Å². The maximum Gasteiger partial charge on any atom is 0.227 e. The fourth-order valence-corrected chi connectivity index (χ4v) is 1.45. The Kier molecular flexibility index (Phi) is 1.62. The summed E-state index contributed by atoms with van der Waals surface area (Å²) in [5.74, 6) is 0.523. The molecule has 5 heteroatoms. The summed E-state index contributed by atoms with van der Waals surface area (Å²) >= 11 is 11.3. The van der Waals surface area contributed by atoms with Crippen molar-refractivity contribution in [3.8, 4) is 5.88 Å². The van der Waals surface area contributed by atoms with Crippen molar-refractivity contribution >= 4 is 23.2 Å². The third-order valence-corrected chi connectivity index (χ3v) is 1.96. The summed E-state index contributed by atoms with van der Waals surface area (Å²) in [4.78, 5) is 7.65. The first-order chi connectivity index (χ1) is 5.27. The molecule has 1 aromatic heterocycles. The fourth-order valence-electron chi connectivity index (χ4n) is 0.992. The van der Waals surface area contributed by atoms with Crippen molar-refractivity contribution in [2.45, 2.75) is 6.42 Å². The van der Waals surface area contributed by atoms with Gasteiger partial charge in [0, 0.05) is 6.42 Å². The number of hydrogen-bond donors (Lipinski definition) is 0. The molecule has 1 aliphatic rings. The minimum atomic E-state index is 0.135. The standard InChI is InChI=1S/C6H4Cl2N2O/c7-4-3-1-2-11-5(3)10-6(8)9-4/h1-2H2. The Morgan fingerprint density at radius 1 is 1.27 bits per heavy atom.